The second-order valence-corrected chi connectivity index (χ2v) is 4.22. The molecule has 0 atom stereocenters. The lowest BCUT2D eigenvalue weighted by atomic mass is 10.1. The number of hydrogen-bond acceptors (Lipinski definition) is 4. The number of aromatic amines is 1. The summed E-state index contributed by atoms with van der Waals surface area (Å²) in [5.74, 6) is -0.670. The van der Waals surface area contributed by atoms with Gasteiger partial charge in [-0.25, -0.2) is 4.79 Å². The Kier molecular flexibility index (Phi) is 5.57. The molecule has 0 aromatic carbocycles. The second kappa shape index (κ2) is 6.94. The van der Waals surface area contributed by atoms with E-state index < -0.39 is 5.97 Å². The van der Waals surface area contributed by atoms with Gasteiger partial charge >= 0.3 is 5.97 Å². The standard InChI is InChI=1S/C13H20N2O4/c1-8-10(13(17)19-4)9(2)15-11(8)12(16)14-6-5-7-18-3/h15H,5-7H2,1-4H3,(H,14,16). The Bertz CT molecular complexity index is 465. The van der Waals surface area contributed by atoms with Crippen LogP contribution in [0.4, 0.5) is 0 Å². The molecule has 1 rings (SSSR count). The quantitative estimate of drug-likeness (QED) is 0.600. The molecule has 1 aromatic rings. The molecule has 0 saturated carbocycles. The van der Waals surface area contributed by atoms with Crippen molar-refractivity contribution in [2.24, 2.45) is 0 Å². The maximum atomic E-state index is 12.0. The highest BCUT2D eigenvalue weighted by Crippen LogP contribution is 2.18. The second-order valence-electron chi connectivity index (χ2n) is 4.22. The van der Waals surface area contributed by atoms with Crippen LogP contribution in [-0.2, 0) is 9.47 Å². The molecule has 0 fully saturated rings. The highest BCUT2D eigenvalue weighted by molar-refractivity contribution is 6.00. The maximum absolute atomic E-state index is 12.0. The third-order valence-corrected chi connectivity index (χ3v) is 2.86. The summed E-state index contributed by atoms with van der Waals surface area (Å²) in [7, 11) is 2.93. The first-order chi connectivity index (χ1) is 9.02. The van der Waals surface area contributed by atoms with Gasteiger partial charge in [-0.2, -0.15) is 0 Å². The molecule has 1 amide bonds. The van der Waals surface area contributed by atoms with Crippen LogP contribution >= 0.6 is 0 Å². The van der Waals surface area contributed by atoms with E-state index in [1.165, 1.54) is 7.11 Å². The van der Waals surface area contributed by atoms with Crippen molar-refractivity contribution in [3.63, 3.8) is 0 Å². The maximum Gasteiger partial charge on any atom is 0.339 e. The molecule has 6 nitrogen and oxygen atoms in total. The normalized spacial score (nSPS) is 10.3. The van der Waals surface area contributed by atoms with Crippen molar-refractivity contribution < 1.29 is 19.1 Å². The van der Waals surface area contributed by atoms with E-state index in [2.05, 4.69) is 10.3 Å². The Morgan fingerprint density at radius 3 is 2.53 bits per heavy atom. The van der Waals surface area contributed by atoms with Gasteiger partial charge in [0.25, 0.3) is 5.91 Å². The van der Waals surface area contributed by atoms with Crippen LogP contribution in [0, 0.1) is 13.8 Å². The molecular formula is C13H20N2O4. The van der Waals surface area contributed by atoms with Crippen LogP contribution in [0.2, 0.25) is 0 Å². The number of nitrogens with one attached hydrogen (secondary N) is 2. The van der Waals surface area contributed by atoms with E-state index in [-0.39, 0.29) is 5.91 Å². The first-order valence-corrected chi connectivity index (χ1v) is 6.07. The first-order valence-electron chi connectivity index (χ1n) is 6.07. The van der Waals surface area contributed by atoms with Crippen molar-refractivity contribution in [3.8, 4) is 0 Å². The van der Waals surface area contributed by atoms with Gasteiger partial charge in [-0.05, 0) is 25.8 Å². The number of aromatic nitrogens is 1. The number of amides is 1. The lowest BCUT2D eigenvalue weighted by molar-refractivity contribution is 0.0599. The van der Waals surface area contributed by atoms with Crippen LogP contribution in [0.1, 0.15) is 38.5 Å². The monoisotopic (exact) mass is 268 g/mol. The van der Waals surface area contributed by atoms with E-state index in [9.17, 15) is 9.59 Å². The molecule has 0 bridgehead atoms. The van der Waals surface area contributed by atoms with Gasteiger partial charge in [0.05, 0.1) is 12.7 Å². The first kappa shape index (κ1) is 15.2. The van der Waals surface area contributed by atoms with Crippen molar-refractivity contribution in [1.82, 2.24) is 10.3 Å². The van der Waals surface area contributed by atoms with Crippen molar-refractivity contribution >= 4 is 11.9 Å². The largest absolute Gasteiger partial charge is 0.465 e. The lowest BCUT2D eigenvalue weighted by Crippen LogP contribution is -2.26. The number of ether oxygens (including phenoxy) is 2. The van der Waals surface area contributed by atoms with Crippen LogP contribution in [0.15, 0.2) is 0 Å². The fourth-order valence-corrected chi connectivity index (χ4v) is 1.89. The molecular weight excluding hydrogens is 248 g/mol. The molecule has 1 heterocycles. The van der Waals surface area contributed by atoms with Gasteiger partial charge in [0.15, 0.2) is 0 Å². The number of carbonyl (C=O) groups excluding carboxylic acids is 2. The fraction of sp³-hybridized carbons (Fsp3) is 0.538. The van der Waals surface area contributed by atoms with Crippen LogP contribution in [0.3, 0.4) is 0 Å². The molecule has 0 unspecified atom stereocenters. The number of methoxy groups -OCH3 is 2. The highest BCUT2D eigenvalue weighted by Gasteiger charge is 2.21. The molecule has 0 radical (unpaired) electrons. The number of carbonyl (C=O) groups is 2. The molecule has 19 heavy (non-hydrogen) atoms. The Morgan fingerprint density at radius 1 is 1.26 bits per heavy atom. The zero-order valence-corrected chi connectivity index (χ0v) is 11.8. The number of H-pyrrole nitrogens is 1. The van der Waals surface area contributed by atoms with Crippen molar-refractivity contribution in [2.75, 3.05) is 27.4 Å². The topological polar surface area (TPSA) is 80.4 Å². The van der Waals surface area contributed by atoms with Gasteiger partial charge in [-0.1, -0.05) is 0 Å². The summed E-state index contributed by atoms with van der Waals surface area (Å²) >= 11 is 0. The van der Waals surface area contributed by atoms with Gasteiger partial charge < -0.3 is 19.8 Å². The average molecular weight is 268 g/mol. The lowest BCUT2D eigenvalue weighted by Gasteiger charge is -2.04. The summed E-state index contributed by atoms with van der Waals surface area (Å²) in [5.41, 5.74) is 2.06. The Labute approximate surface area is 112 Å². The van der Waals surface area contributed by atoms with Crippen molar-refractivity contribution in [1.29, 1.82) is 0 Å². The number of aryl methyl sites for hydroxylation is 1. The smallest absolute Gasteiger partial charge is 0.339 e. The number of hydrogen-bond donors (Lipinski definition) is 2. The summed E-state index contributed by atoms with van der Waals surface area (Å²) in [6, 6.07) is 0. The van der Waals surface area contributed by atoms with Crippen LogP contribution in [-0.4, -0.2) is 44.2 Å². The Balaban J connectivity index is 2.79. The molecule has 2 N–H and O–H groups in total. The minimum atomic E-state index is -0.440. The van der Waals surface area contributed by atoms with Crippen LogP contribution in [0.5, 0.6) is 0 Å². The van der Waals surface area contributed by atoms with Gasteiger partial charge in [-0.3, -0.25) is 4.79 Å². The molecule has 0 aliphatic rings. The van der Waals surface area contributed by atoms with Gasteiger partial charge in [0, 0.05) is 26.0 Å². The van der Waals surface area contributed by atoms with Gasteiger partial charge in [0.2, 0.25) is 0 Å². The summed E-state index contributed by atoms with van der Waals surface area (Å²) in [5, 5.41) is 2.77. The third kappa shape index (κ3) is 3.57. The van der Waals surface area contributed by atoms with E-state index in [0.717, 1.165) is 6.42 Å². The summed E-state index contributed by atoms with van der Waals surface area (Å²) < 4.78 is 9.60. The third-order valence-electron chi connectivity index (χ3n) is 2.86. The van der Waals surface area contributed by atoms with E-state index in [1.54, 1.807) is 21.0 Å². The number of esters is 1. The molecule has 0 spiro atoms. The van der Waals surface area contributed by atoms with Crippen LogP contribution < -0.4 is 5.32 Å². The molecule has 0 saturated heterocycles. The predicted octanol–water partition coefficient (Wildman–Crippen LogP) is 1.18. The van der Waals surface area contributed by atoms with E-state index in [4.69, 9.17) is 9.47 Å². The minimum absolute atomic E-state index is 0.230. The molecule has 1 aromatic heterocycles. The average Bonchev–Trinajstić information content (AvgIpc) is 2.69. The van der Waals surface area contributed by atoms with Crippen molar-refractivity contribution in [3.05, 3.63) is 22.5 Å². The Morgan fingerprint density at radius 2 is 1.95 bits per heavy atom. The minimum Gasteiger partial charge on any atom is -0.465 e. The molecule has 6 heteroatoms. The Hall–Kier alpha value is -1.82. The number of rotatable bonds is 6. The molecule has 0 aliphatic carbocycles. The summed E-state index contributed by atoms with van der Waals surface area (Å²) in [6.07, 6.45) is 0.741. The van der Waals surface area contributed by atoms with E-state index >= 15 is 0 Å². The van der Waals surface area contributed by atoms with E-state index in [1.807, 2.05) is 0 Å². The highest BCUT2D eigenvalue weighted by atomic mass is 16.5. The SMILES string of the molecule is COCCCNC(=O)c1[nH]c(C)c(C(=O)OC)c1C. The summed E-state index contributed by atoms with van der Waals surface area (Å²) in [4.78, 5) is 26.5. The fourth-order valence-electron chi connectivity index (χ4n) is 1.89. The van der Waals surface area contributed by atoms with E-state index in [0.29, 0.717) is 35.7 Å². The van der Waals surface area contributed by atoms with Crippen molar-refractivity contribution in [2.45, 2.75) is 20.3 Å². The van der Waals surface area contributed by atoms with Gasteiger partial charge in [-0.15, -0.1) is 0 Å². The summed E-state index contributed by atoms with van der Waals surface area (Å²) in [6.45, 7) is 4.58. The predicted molar refractivity (Wildman–Crippen MR) is 70.4 cm³/mol. The van der Waals surface area contributed by atoms with Crippen LogP contribution in [0.25, 0.3) is 0 Å². The molecule has 0 aliphatic heterocycles. The zero-order chi connectivity index (χ0) is 14.4. The zero-order valence-electron chi connectivity index (χ0n) is 11.8. The molecule has 106 valence electrons. The van der Waals surface area contributed by atoms with Gasteiger partial charge in [0.1, 0.15) is 5.69 Å².